The van der Waals surface area contributed by atoms with E-state index < -0.39 is 5.97 Å². The number of methoxy groups -OCH3 is 1. The number of hydrogen-bond acceptors (Lipinski definition) is 4. The molecule has 82 valence electrons. The Kier molecular flexibility index (Phi) is 3.91. The average molecular weight is 230 g/mol. The summed E-state index contributed by atoms with van der Waals surface area (Å²) in [7, 11) is 1.30. The molecule has 0 aliphatic heterocycles. The SMILES string of the molecule is COC(=O)c1cnc(OC(C)C)c(Cl)c1. The van der Waals surface area contributed by atoms with Crippen LogP contribution in [0.2, 0.25) is 5.02 Å². The summed E-state index contributed by atoms with van der Waals surface area (Å²) in [5.41, 5.74) is 0.304. The monoisotopic (exact) mass is 229 g/mol. The van der Waals surface area contributed by atoms with Gasteiger partial charge < -0.3 is 9.47 Å². The summed E-state index contributed by atoms with van der Waals surface area (Å²) in [6, 6.07) is 1.47. The van der Waals surface area contributed by atoms with Gasteiger partial charge in [-0.2, -0.15) is 0 Å². The van der Waals surface area contributed by atoms with Gasteiger partial charge in [0.25, 0.3) is 0 Å². The topological polar surface area (TPSA) is 48.4 Å². The Morgan fingerprint density at radius 1 is 1.53 bits per heavy atom. The Morgan fingerprint density at radius 2 is 2.20 bits per heavy atom. The van der Waals surface area contributed by atoms with Crippen LogP contribution in [0.1, 0.15) is 24.2 Å². The predicted molar refractivity (Wildman–Crippen MR) is 56.4 cm³/mol. The summed E-state index contributed by atoms with van der Waals surface area (Å²) in [5.74, 6) is -0.153. The summed E-state index contributed by atoms with van der Waals surface area (Å²) in [5, 5.41) is 0.298. The van der Waals surface area contributed by atoms with Crippen molar-refractivity contribution in [2.75, 3.05) is 7.11 Å². The molecule has 1 heterocycles. The summed E-state index contributed by atoms with van der Waals surface area (Å²) < 4.78 is 9.85. The van der Waals surface area contributed by atoms with Crippen molar-refractivity contribution >= 4 is 17.6 Å². The first-order chi connectivity index (χ1) is 7.04. The Labute approximate surface area is 93.2 Å². The molecule has 0 aliphatic carbocycles. The minimum Gasteiger partial charge on any atom is -0.474 e. The van der Waals surface area contributed by atoms with Crippen LogP contribution < -0.4 is 4.74 Å². The van der Waals surface area contributed by atoms with Gasteiger partial charge in [0, 0.05) is 6.20 Å². The maximum absolute atomic E-state index is 11.1. The van der Waals surface area contributed by atoms with E-state index in [-0.39, 0.29) is 6.10 Å². The fourth-order valence-corrected chi connectivity index (χ4v) is 1.18. The third-order valence-electron chi connectivity index (χ3n) is 1.58. The molecule has 0 radical (unpaired) electrons. The molecule has 0 spiro atoms. The van der Waals surface area contributed by atoms with Gasteiger partial charge in [-0.1, -0.05) is 11.6 Å². The summed E-state index contributed by atoms with van der Waals surface area (Å²) >= 11 is 5.88. The zero-order valence-corrected chi connectivity index (χ0v) is 9.54. The van der Waals surface area contributed by atoms with E-state index in [2.05, 4.69) is 9.72 Å². The molecule has 1 aromatic rings. The van der Waals surface area contributed by atoms with Crippen molar-refractivity contribution < 1.29 is 14.3 Å². The molecule has 0 aromatic carbocycles. The second kappa shape index (κ2) is 4.98. The van der Waals surface area contributed by atoms with Crippen molar-refractivity contribution in [3.63, 3.8) is 0 Å². The molecule has 0 unspecified atom stereocenters. The van der Waals surface area contributed by atoms with E-state index in [1.54, 1.807) is 0 Å². The lowest BCUT2D eigenvalue weighted by Crippen LogP contribution is -2.08. The van der Waals surface area contributed by atoms with Crippen LogP contribution in [0.4, 0.5) is 0 Å². The van der Waals surface area contributed by atoms with Crippen LogP contribution in [-0.2, 0) is 4.74 Å². The van der Waals surface area contributed by atoms with Gasteiger partial charge in [0.05, 0.1) is 18.8 Å². The highest BCUT2D eigenvalue weighted by Gasteiger charge is 2.11. The summed E-state index contributed by atoms with van der Waals surface area (Å²) in [6.45, 7) is 3.73. The fourth-order valence-electron chi connectivity index (χ4n) is 0.965. The number of rotatable bonds is 3. The van der Waals surface area contributed by atoms with Gasteiger partial charge in [0.1, 0.15) is 5.02 Å². The van der Waals surface area contributed by atoms with Crippen molar-refractivity contribution in [2.45, 2.75) is 20.0 Å². The number of pyridine rings is 1. The molecule has 15 heavy (non-hydrogen) atoms. The van der Waals surface area contributed by atoms with Crippen LogP contribution in [-0.4, -0.2) is 24.2 Å². The molecule has 0 bridgehead atoms. The van der Waals surface area contributed by atoms with E-state index in [0.717, 1.165) is 0 Å². The number of hydrogen-bond donors (Lipinski definition) is 0. The number of carbonyl (C=O) groups is 1. The lowest BCUT2D eigenvalue weighted by molar-refractivity contribution is 0.0600. The van der Waals surface area contributed by atoms with Gasteiger partial charge >= 0.3 is 5.97 Å². The summed E-state index contributed by atoms with van der Waals surface area (Å²) in [6.07, 6.45) is 1.36. The largest absolute Gasteiger partial charge is 0.474 e. The van der Waals surface area contributed by atoms with Crippen LogP contribution in [0.5, 0.6) is 5.88 Å². The molecule has 0 N–H and O–H groups in total. The Bertz CT molecular complexity index is 366. The molecule has 0 aliphatic rings. The van der Waals surface area contributed by atoms with E-state index in [1.807, 2.05) is 13.8 Å². The van der Waals surface area contributed by atoms with Crippen LogP contribution in [0.25, 0.3) is 0 Å². The number of halogens is 1. The van der Waals surface area contributed by atoms with Crippen molar-refractivity contribution in [3.8, 4) is 5.88 Å². The molecule has 1 rings (SSSR count). The van der Waals surface area contributed by atoms with E-state index in [0.29, 0.717) is 16.5 Å². The molecule has 0 saturated heterocycles. The quantitative estimate of drug-likeness (QED) is 0.747. The molecule has 0 atom stereocenters. The summed E-state index contributed by atoms with van der Waals surface area (Å²) in [4.78, 5) is 15.1. The zero-order chi connectivity index (χ0) is 11.4. The van der Waals surface area contributed by atoms with E-state index in [9.17, 15) is 4.79 Å². The average Bonchev–Trinajstić information content (AvgIpc) is 2.19. The number of esters is 1. The maximum atomic E-state index is 11.1. The van der Waals surface area contributed by atoms with Gasteiger partial charge in [-0.15, -0.1) is 0 Å². The minimum atomic E-state index is -0.472. The Morgan fingerprint density at radius 3 is 2.67 bits per heavy atom. The van der Waals surface area contributed by atoms with E-state index >= 15 is 0 Å². The van der Waals surface area contributed by atoms with Crippen molar-refractivity contribution in [1.82, 2.24) is 4.98 Å². The van der Waals surface area contributed by atoms with Gasteiger partial charge in [-0.3, -0.25) is 0 Å². The van der Waals surface area contributed by atoms with Crippen LogP contribution in [0.3, 0.4) is 0 Å². The minimum absolute atomic E-state index is 0.0148. The zero-order valence-electron chi connectivity index (χ0n) is 8.78. The lowest BCUT2D eigenvalue weighted by Gasteiger charge is -2.10. The second-order valence-electron chi connectivity index (χ2n) is 3.17. The maximum Gasteiger partial charge on any atom is 0.339 e. The molecule has 4 nitrogen and oxygen atoms in total. The number of nitrogens with zero attached hydrogens (tertiary/aromatic N) is 1. The van der Waals surface area contributed by atoms with Gasteiger partial charge in [-0.25, -0.2) is 9.78 Å². The van der Waals surface area contributed by atoms with Crippen LogP contribution in [0.15, 0.2) is 12.3 Å². The highest BCUT2D eigenvalue weighted by Crippen LogP contribution is 2.23. The molecular weight excluding hydrogens is 218 g/mol. The lowest BCUT2D eigenvalue weighted by atomic mass is 10.3. The first-order valence-corrected chi connectivity index (χ1v) is 4.83. The van der Waals surface area contributed by atoms with Crippen molar-refractivity contribution in [3.05, 3.63) is 22.8 Å². The number of carbonyl (C=O) groups excluding carboxylic acids is 1. The van der Waals surface area contributed by atoms with Gasteiger partial charge in [0.2, 0.25) is 5.88 Å². The normalized spacial score (nSPS) is 10.2. The van der Waals surface area contributed by atoms with Crippen molar-refractivity contribution in [1.29, 1.82) is 0 Å². The highest BCUT2D eigenvalue weighted by atomic mass is 35.5. The third-order valence-corrected chi connectivity index (χ3v) is 1.85. The van der Waals surface area contributed by atoms with E-state index in [4.69, 9.17) is 16.3 Å². The first kappa shape index (κ1) is 11.8. The second-order valence-corrected chi connectivity index (χ2v) is 3.58. The highest BCUT2D eigenvalue weighted by molar-refractivity contribution is 6.32. The standard InChI is InChI=1S/C10H12ClNO3/c1-6(2)15-9-8(11)4-7(5-12-9)10(13)14-3/h4-6H,1-3H3. The van der Waals surface area contributed by atoms with Crippen LogP contribution in [0, 0.1) is 0 Å². The van der Waals surface area contributed by atoms with E-state index in [1.165, 1.54) is 19.4 Å². The molecule has 5 heteroatoms. The fraction of sp³-hybridized carbons (Fsp3) is 0.400. The molecule has 1 aromatic heterocycles. The number of ether oxygens (including phenoxy) is 2. The Hall–Kier alpha value is -1.29. The van der Waals surface area contributed by atoms with Crippen LogP contribution >= 0.6 is 11.6 Å². The molecule has 0 saturated carbocycles. The molecular formula is C10H12ClNO3. The molecule has 0 fully saturated rings. The molecule has 0 amide bonds. The third kappa shape index (κ3) is 3.09. The van der Waals surface area contributed by atoms with Gasteiger partial charge in [0.15, 0.2) is 0 Å². The van der Waals surface area contributed by atoms with Gasteiger partial charge in [-0.05, 0) is 19.9 Å². The smallest absolute Gasteiger partial charge is 0.339 e. The Balaban J connectivity index is 2.93. The first-order valence-electron chi connectivity index (χ1n) is 4.45. The van der Waals surface area contributed by atoms with Crippen molar-refractivity contribution in [2.24, 2.45) is 0 Å². The predicted octanol–water partition coefficient (Wildman–Crippen LogP) is 2.31. The number of aromatic nitrogens is 1.